The van der Waals surface area contributed by atoms with Crippen molar-refractivity contribution >= 4 is 27.4 Å². The summed E-state index contributed by atoms with van der Waals surface area (Å²) in [6, 6.07) is 1.87. The van der Waals surface area contributed by atoms with E-state index in [0.717, 1.165) is 36.2 Å². The van der Waals surface area contributed by atoms with Gasteiger partial charge in [0.1, 0.15) is 5.82 Å². The Morgan fingerprint density at radius 1 is 1.39 bits per heavy atom. The first-order valence-electron chi connectivity index (χ1n) is 6.12. The molecule has 0 aliphatic carbocycles. The third kappa shape index (κ3) is 2.20. The number of nitrogens with zero attached hydrogens (tertiary/aromatic N) is 2. The minimum Gasteiger partial charge on any atom is -0.397 e. The predicted octanol–water partition coefficient (Wildman–Crippen LogP) is 1.77. The lowest BCUT2D eigenvalue weighted by Crippen LogP contribution is -2.49. The van der Waals surface area contributed by atoms with Crippen molar-refractivity contribution in [2.24, 2.45) is 0 Å². The Hall–Kier alpha value is -0.850. The number of nitrogens with two attached hydrogens (primary N) is 1. The first kappa shape index (κ1) is 12.2. The Morgan fingerprint density at radius 3 is 2.89 bits per heavy atom. The number of rotatable bonds is 1. The molecule has 0 bridgehead atoms. The Bertz CT molecular complexity index is 449. The van der Waals surface area contributed by atoms with Gasteiger partial charge in [-0.25, -0.2) is 4.98 Å². The van der Waals surface area contributed by atoms with E-state index < -0.39 is 5.79 Å². The van der Waals surface area contributed by atoms with Gasteiger partial charge in [-0.05, 0) is 28.4 Å². The van der Waals surface area contributed by atoms with Crippen molar-refractivity contribution in [2.75, 3.05) is 36.9 Å². The van der Waals surface area contributed by atoms with Crippen LogP contribution in [0.25, 0.3) is 0 Å². The quantitative estimate of drug-likeness (QED) is 0.856. The average molecular weight is 314 g/mol. The predicted molar refractivity (Wildman–Crippen MR) is 72.4 cm³/mol. The summed E-state index contributed by atoms with van der Waals surface area (Å²) in [4.78, 5) is 6.59. The second kappa shape index (κ2) is 4.68. The lowest BCUT2D eigenvalue weighted by molar-refractivity contribution is -0.161. The summed E-state index contributed by atoms with van der Waals surface area (Å²) >= 11 is 3.51. The molecular formula is C12H16BrN3O2. The largest absolute Gasteiger partial charge is 0.397 e. The summed E-state index contributed by atoms with van der Waals surface area (Å²) in [6.45, 7) is 3.06. The topological polar surface area (TPSA) is 60.6 Å². The van der Waals surface area contributed by atoms with E-state index in [1.807, 2.05) is 6.07 Å². The Labute approximate surface area is 114 Å². The number of piperidine rings is 1. The second-order valence-electron chi connectivity index (χ2n) is 4.71. The van der Waals surface area contributed by atoms with Gasteiger partial charge in [-0.15, -0.1) is 0 Å². The summed E-state index contributed by atoms with van der Waals surface area (Å²) in [5.41, 5.74) is 6.37. The molecule has 0 saturated carbocycles. The molecule has 3 heterocycles. The highest BCUT2D eigenvalue weighted by atomic mass is 79.9. The van der Waals surface area contributed by atoms with Crippen LogP contribution < -0.4 is 10.6 Å². The van der Waals surface area contributed by atoms with Gasteiger partial charge in [-0.1, -0.05) is 0 Å². The normalized spacial score (nSPS) is 22.6. The van der Waals surface area contributed by atoms with E-state index in [1.54, 1.807) is 6.20 Å². The van der Waals surface area contributed by atoms with Crippen molar-refractivity contribution < 1.29 is 9.47 Å². The molecule has 0 aromatic carbocycles. The van der Waals surface area contributed by atoms with Crippen LogP contribution in [0.5, 0.6) is 0 Å². The molecule has 2 saturated heterocycles. The molecule has 1 aromatic rings. The number of halogens is 1. The molecule has 0 amide bonds. The van der Waals surface area contributed by atoms with Crippen molar-refractivity contribution in [3.05, 3.63) is 16.7 Å². The fraction of sp³-hybridized carbons (Fsp3) is 0.583. The summed E-state index contributed by atoms with van der Waals surface area (Å²) in [7, 11) is 0. The van der Waals surface area contributed by atoms with Crippen LogP contribution in [-0.2, 0) is 9.47 Å². The second-order valence-corrected chi connectivity index (χ2v) is 5.56. The van der Waals surface area contributed by atoms with Gasteiger partial charge in [-0.2, -0.15) is 0 Å². The minimum absolute atomic E-state index is 0.430. The average Bonchev–Trinajstić information content (AvgIpc) is 2.77. The molecule has 0 radical (unpaired) electrons. The highest BCUT2D eigenvalue weighted by molar-refractivity contribution is 9.10. The van der Waals surface area contributed by atoms with Gasteiger partial charge in [0.05, 0.1) is 36.1 Å². The smallest absolute Gasteiger partial charge is 0.186 e. The van der Waals surface area contributed by atoms with Crippen molar-refractivity contribution in [1.29, 1.82) is 0 Å². The summed E-state index contributed by atoms with van der Waals surface area (Å²) in [6.07, 6.45) is 3.67. The SMILES string of the molecule is Nc1cnc(N2CCCC3(C2)OCCO3)c(Br)c1. The molecule has 3 rings (SSSR count). The van der Waals surface area contributed by atoms with E-state index in [-0.39, 0.29) is 0 Å². The van der Waals surface area contributed by atoms with Crippen LogP contribution >= 0.6 is 15.9 Å². The zero-order valence-corrected chi connectivity index (χ0v) is 11.6. The number of hydrogen-bond acceptors (Lipinski definition) is 5. The fourth-order valence-corrected chi connectivity index (χ4v) is 3.20. The van der Waals surface area contributed by atoms with Gasteiger partial charge < -0.3 is 20.1 Å². The molecule has 0 unspecified atom stereocenters. The maximum Gasteiger partial charge on any atom is 0.186 e. The van der Waals surface area contributed by atoms with E-state index in [4.69, 9.17) is 15.2 Å². The highest BCUT2D eigenvalue weighted by Crippen LogP contribution is 2.34. The Morgan fingerprint density at radius 2 is 2.17 bits per heavy atom. The maximum absolute atomic E-state index is 5.77. The molecule has 5 nitrogen and oxygen atoms in total. The number of anilines is 2. The van der Waals surface area contributed by atoms with Crippen LogP contribution in [0.15, 0.2) is 16.7 Å². The fourth-order valence-electron chi connectivity index (χ4n) is 2.58. The number of ether oxygens (including phenoxy) is 2. The molecule has 2 aliphatic rings. The van der Waals surface area contributed by atoms with Gasteiger partial charge in [0.2, 0.25) is 0 Å². The lowest BCUT2D eigenvalue weighted by Gasteiger charge is -2.39. The van der Waals surface area contributed by atoms with Crippen molar-refractivity contribution in [3.8, 4) is 0 Å². The molecule has 1 aromatic heterocycles. The molecule has 98 valence electrons. The standard InChI is InChI=1S/C12H16BrN3O2/c13-10-6-9(14)7-15-11(10)16-3-1-2-12(8-16)17-4-5-18-12/h6-7H,1-5,8,14H2. The van der Waals surface area contributed by atoms with E-state index in [2.05, 4.69) is 25.8 Å². The molecule has 2 N–H and O–H groups in total. The van der Waals surface area contributed by atoms with Gasteiger partial charge in [0, 0.05) is 13.0 Å². The molecule has 0 atom stereocenters. The van der Waals surface area contributed by atoms with Crippen LogP contribution in [-0.4, -0.2) is 37.1 Å². The van der Waals surface area contributed by atoms with Gasteiger partial charge in [0.25, 0.3) is 0 Å². The number of nitrogen functional groups attached to an aromatic ring is 1. The van der Waals surface area contributed by atoms with Crippen molar-refractivity contribution in [2.45, 2.75) is 18.6 Å². The molecular weight excluding hydrogens is 298 g/mol. The van der Waals surface area contributed by atoms with Crippen LogP contribution in [0.4, 0.5) is 11.5 Å². The molecule has 2 fully saturated rings. The maximum atomic E-state index is 5.77. The first-order valence-corrected chi connectivity index (χ1v) is 6.92. The Balaban J connectivity index is 1.83. The third-order valence-corrected chi connectivity index (χ3v) is 3.96. The zero-order valence-electron chi connectivity index (χ0n) is 10.1. The van der Waals surface area contributed by atoms with Crippen molar-refractivity contribution in [3.63, 3.8) is 0 Å². The lowest BCUT2D eigenvalue weighted by atomic mass is 10.0. The van der Waals surface area contributed by atoms with E-state index in [0.29, 0.717) is 18.9 Å². The molecule has 6 heteroatoms. The van der Waals surface area contributed by atoms with Gasteiger partial charge in [-0.3, -0.25) is 0 Å². The molecule has 2 aliphatic heterocycles. The Kier molecular flexibility index (Phi) is 3.17. The number of hydrogen-bond donors (Lipinski definition) is 1. The number of pyridine rings is 1. The number of aromatic nitrogens is 1. The van der Waals surface area contributed by atoms with Crippen molar-refractivity contribution in [1.82, 2.24) is 4.98 Å². The molecule has 18 heavy (non-hydrogen) atoms. The third-order valence-electron chi connectivity index (χ3n) is 3.37. The van der Waals surface area contributed by atoms with E-state index in [9.17, 15) is 0 Å². The van der Waals surface area contributed by atoms with Crippen LogP contribution in [0.3, 0.4) is 0 Å². The van der Waals surface area contributed by atoms with Crippen LogP contribution in [0, 0.1) is 0 Å². The first-order chi connectivity index (χ1) is 8.69. The minimum atomic E-state index is -0.430. The van der Waals surface area contributed by atoms with Gasteiger partial charge >= 0.3 is 0 Å². The van der Waals surface area contributed by atoms with Gasteiger partial charge in [0.15, 0.2) is 5.79 Å². The van der Waals surface area contributed by atoms with Crippen LogP contribution in [0.1, 0.15) is 12.8 Å². The summed E-state index contributed by atoms with van der Waals surface area (Å²) < 4.78 is 12.4. The van der Waals surface area contributed by atoms with E-state index >= 15 is 0 Å². The molecule has 1 spiro atoms. The van der Waals surface area contributed by atoms with E-state index in [1.165, 1.54) is 0 Å². The summed E-state index contributed by atoms with van der Waals surface area (Å²) in [5.74, 6) is 0.475. The zero-order chi connectivity index (χ0) is 12.6. The monoisotopic (exact) mass is 313 g/mol. The highest BCUT2D eigenvalue weighted by Gasteiger charge is 2.41. The summed E-state index contributed by atoms with van der Waals surface area (Å²) in [5, 5.41) is 0. The van der Waals surface area contributed by atoms with Crippen LogP contribution in [0.2, 0.25) is 0 Å².